The monoisotopic (exact) mass is 477 g/mol. The minimum absolute atomic E-state index is 0. The van der Waals surface area contributed by atoms with E-state index in [0.717, 1.165) is 5.69 Å². The van der Waals surface area contributed by atoms with Crippen LogP contribution >= 0.6 is 0 Å². The van der Waals surface area contributed by atoms with Crippen LogP contribution in [0.25, 0.3) is 0 Å². The zero-order valence-corrected chi connectivity index (χ0v) is 15.1. The van der Waals surface area contributed by atoms with E-state index in [9.17, 15) is 0 Å². The Morgan fingerprint density at radius 2 is 1.35 bits per heavy atom. The van der Waals surface area contributed by atoms with Gasteiger partial charge >= 0.3 is 0 Å². The van der Waals surface area contributed by atoms with Crippen LogP contribution in [0.15, 0.2) is 72.8 Å². The Bertz CT molecular complexity index is 802. The molecule has 0 bridgehead atoms. The molecule has 1 aliphatic heterocycles. The Balaban J connectivity index is 0.00000156. The summed E-state index contributed by atoms with van der Waals surface area (Å²) in [5.74, 6) is 0. The van der Waals surface area contributed by atoms with E-state index in [1.54, 1.807) is 0 Å². The summed E-state index contributed by atoms with van der Waals surface area (Å²) in [5.41, 5.74) is 5.87. The Morgan fingerprint density at radius 1 is 0.739 bits per heavy atom. The van der Waals surface area contributed by atoms with Crippen LogP contribution < -0.4 is 9.80 Å². The summed E-state index contributed by atoms with van der Waals surface area (Å²) in [6, 6.07) is 28.3. The maximum absolute atomic E-state index is 3.31. The molecule has 0 spiro atoms. The van der Waals surface area contributed by atoms with Gasteiger partial charge in [-0.1, -0.05) is 30.3 Å². The maximum atomic E-state index is 3.31. The predicted molar refractivity (Wildman–Crippen MR) is 91.5 cm³/mol. The van der Waals surface area contributed by atoms with Crippen LogP contribution in [0, 0.1) is 19.7 Å². The fraction of sp³-hybridized carbons (Fsp3) is 0.0500. The van der Waals surface area contributed by atoms with Crippen molar-refractivity contribution in [3.8, 4) is 0 Å². The van der Waals surface area contributed by atoms with Crippen LogP contribution in [-0.2, 0) is 20.1 Å². The van der Waals surface area contributed by atoms with Crippen LogP contribution in [-0.4, -0.2) is 0 Å². The van der Waals surface area contributed by atoms with Gasteiger partial charge in [0.05, 0.1) is 0 Å². The maximum Gasteiger partial charge on any atom is 0.0344 e. The zero-order chi connectivity index (χ0) is 14.9. The van der Waals surface area contributed by atoms with Gasteiger partial charge in [0.1, 0.15) is 0 Å². The van der Waals surface area contributed by atoms with Crippen molar-refractivity contribution in [2.45, 2.75) is 6.92 Å². The van der Waals surface area contributed by atoms with Gasteiger partial charge in [0, 0.05) is 37.2 Å². The third kappa shape index (κ3) is 2.78. The molecule has 0 saturated carbocycles. The van der Waals surface area contributed by atoms with Crippen molar-refractivity contribution in [2.24, 2.45) is 0 Å². The van der Waals surface area contributed by atoms with Gasteiger partial charge in [-0.25, -0.2) is 0 Å². The van der Waals surface area contributed by atoms with E-state index in [0.29, 0.717) is 0 Å². The number of fused-ring (bicyclic) bond motifs is 1. The summed E-state index contributed by atoms with van der Waals surface area (Å²) in [6.45, 7) is 4.28. The summed E-state index contributed by atoms with van der Waals surface area (Å²) >= 11 is 0. The van der Waals surface area contributed by atoms with E-state index in [4.69, 9.17) is 0 Å². The SMILES string of the molecule is Cc1ccccc1N1[CH-]N(c2[c-]cccc2)c2ccccc21.[Ir]. The topological polar surface area (TPSA) is 6.48 Å². The van der Waals surface area contributed by atoms with Gasteiger partial charge in [-0.2, -0.15) is 30.3 Å². The van der Waals surface area contributed by atoms with Crippen LogP contribution in [0.3, 0.4) is 0 Å². The molecule has 1 aliphatic rings. The average molecular weight is 477 g/mol. The van der Waals surface area contributed by atoms with Crippen molar-refractivity contribution < 1.29 is 20.1 Å². The molecule has 0 aromatic heterocycles. The first-order valence-electron chi connectivity index (χ1n) is 7.39. The largest absolute Gasteiger partial charge is 0.493 e. The number of para-hydroxylation sites is 4. The fourth-order valence-electron chi connectivity index (χ4n) is 2.86. The number of rotatable bonds is 2. The van der Waals surface area contributed by atoms with E-state index in [1.165, 1.54) is 22.6 Å². The van der Waals surface area contributed by atoms with Crippen LogP contribution in [0.1, 0.15) is 5.56 Å². The molecule has 4 rings (SSSR count). The van der Waals surface area contributed by atoms with Crippen molar-refractivity contribution in [3.63, 3.8) is 0 Å². The predicted octanol–water partition coefficient (Wildman–Crippen LogP) is 5.20. The van der Waals surface area contributed by atoms with Crippen molar-refractivity contribution in [3.05, 3.63) is 91.1 Å². The molecule has 2 nitrogen and oxygen atoms in total. The number of nitrogens with zero attached hydrogens (tertiary/aromatic N) is 2. The van der Waals surface area contributed by atoms with Gasteiger partial charge in [-0.15, -0.1) is 12.4 Å². The molecule has 3 heteroatoms. The van der Waals surface area contributed by atoms with Crippen molar-refractivity contribution in [2.75, 3.05) is 9.80 Å². The van der Waals surface area contributed by atoms with Crippen molar-refractivity contribution in [1.29, 1.82) is 0 Å². The van der Waals surface area contributed by atoms with Crippen molar-refractivity contribution >= 4 is 22.7 Å². The molecule has 0 unspecified atom stereocenters. The van der Waals surface area contributed by atoms with Gasteiger partial charge in [0.2, 0.25) is 0 Å². The molecule has 0 saturated heterocycles. The van der Waals surface area contributed by atoms with E-state index in [2.05, 4.69) is 84.1 Å². The molecule has 0 aliphatic carbocycles. The normalized spacial score (nSPS) is 12.7. The van der Waals surface area contributed by atoms with Gasteiger partial charge < -0.3 is 9.80 Å². The van der Waals surface area contributed by atoms with Crippen LogP contribution in [0.5, 0.6) is 0 Å². The molecule has 0 amide bonds. The summed E-state index contributed by atoms with van der Waals surface area (Å²) < 4.78 is 0. The molecular weight excluding hydrogens is 460 g/mol. The van der Waals surface area contributed by atoms with Gasteiger partial charge in [0.15, 0.2) is 0 Å². The van der Waals surface area contributed by atoms with Crippen LogP contribution in [0.2, 0.25) is 0 Å². The minimum Gasteiger partial charge on any atom is -0.493 e. The fourth-order valence-corrected chi connectivity index (χ4v) is 2.86. The average Bonchev–Trinajstić information content (AvgIpc) is 2.96. The Hall–Kier alpha value is -2.09. The third-order valence-corrected chi connectivity index (χ3v) is 3.96. The number of aryl methyl sites for hydroxylation is 1. The first-order valence-corrected chi connectivity index (χ1v) is 7.39. The Labute approximate surface area is 150 Å². The molecule has 3 aromatic carbocycles. The smallest absolute Gasteiger partial charge is 0.0344 e. The second-order valence-corrected chi connectivity index (χ2v) is 5.38. The molecule has 1 radical (unpaired) electrons. The second kappa shape index (κ2) is 6.57. The summed E-state index contributed by atoms with van der Waals surface area (Å²) in [5, 5.41) is 0. The molecule has 0 atom stereocenters. The molecule has 117 valence electrons. The Kier molecular flexibility index (Phi) is 4.51. The minimum atomic E-state index is 0. The molecule has 0 N–H and O–H groups in total. The van der Waals surface area contributed by atoms with Gasteiger partial charge in [-0.05, 0) is 30.7 Å². The van der Waals surface area contributed by atoms with Crippen molar-refractivity contribution in [1.82, 2.24) is 0 Å². The van der Waals surface area contributed by atoms with Gasteiger partial charge in [0.25, 0.3) is 0 Å². The number of hydrogen-bond acceptors (Lipinski definition) is 2. The van der Waals surface area contributed by atoms with E-state index in [-0.39, 0.29) is 20.1 Å². The van der Waals surface area contributed by atoms with E-state index >= 15 is 0 Å². The van der Waals surface area contributed by atoms with E-state index in [1.807, 2.05) is 18.2 Å². The quantitative estimate of drug-likeness (QED) is 0.469. The summed E-state index contributed by atoms with van der Waals surface area (Å²) in [4.78, 5) is 4.42. The van der Waals surface area contributed by atoms with E-state index < -0.39 is 0 Å². The first-order chi connectivity index (χ1) is 10.8. The number of anilines is 4. The number of hydrogen-bond donors (Lipinski definition) is 0. The molecule has 3 aromatic rings. The Morgan fingerprint density at radius 3 is 2.00 bits per heavy atom. The molecule has 1 heterocycles. The molecular formula is C20H16IrN2-2. The van der Waals surface area contributed by atoms with Crippen LogP contribution in [0.4, 0.5) is 22.7 Å². The van der Waals surface area contributed by atoms with Gasteiger partial charge in [-0.3, -0.25) is 0 Å². The summed E-state index contributed by atoms with van der Waals surface area (Å²) in [7, 11) is 0. The second-order valence-electron chi connectivity index (χ2n) is 5.38. The molecule has 0 fully saturated rings. The standard InChI is InChI=1S/C20H16N2.Ir/c1-16-9-5-6-12-18(16)22-15-21(17-10-3-2-4-11-17)19-13-7-8-14-20(19)22;/h2-10,12-15H,1H3;/q-2;. The third-order valence-electron chi connectivity index (χ3n) is 3.96. The first kappa shape index (κ1) is 15.8. The zero-order valence-electron chi connectivity index (χ0n) is 12.7. The molecule has 23 heavy (non-hydrogen) atoms. The summed E-state index contributed by atoms with van der Waals surface area (Å²) in [6.07, 6.45) is 0. The number of benzene rings is 3.